The predicted octanol–water partition coefficient (Wildman–Crippen LogP) is 4.63. The minimum absolute atomic E-state index is 0.0556. The highest BCUT2D eigenvalue weighted by Gasteiger charge is 2.57. The number of carbonyl (C=O) groups excluding carboxylic acids is 2. The molecule has 3 unspecified atom stereocenters. The molecule has 3 atom stereocenters. The number of benzene rings is 1. The van der Waals surface area contributed by atoms with E-state index < -0.39 is 17.3 Å². The Kier molecular flexibility index (Phi) is 7.86. The third-order valence-electron chi connectivity index (χ3n) is 10.2. The Bertz CT molecular complexity index is 1600. The predicted molar refractivity (Wildman–Crippen MR) is 167 cm³/mol. The number of aromatic nitrogens is 2. The first-order chi connectivity index (χ1) is 21.1. The maximum Gasteiger partial charge on any atom is 0.325 e. The minimum Gasteiger partial charge on any atom is -0.504 e. The first-order valence-electron chi connectivity index (χ1n) is 15.8. The van der Waals surface area contributed by atoms with Crippen LogP contribution in [0.5, 0.6) is 5.75 Å². The van der Waals surface area contributed by atoms with Gasteiger partial charge in [0, 0.05) is 41.6 Å². The Labute approximate surface area is 258 Å². The molecule has 44 heavy (non-hydrogen) atoms. The zero-order valence-electron chi connectivity index (χ0n) is 26.2. The van der Waals surface area contributed by atoms with Crippen molar-refractivity contribution in [2.24, 2.45) is 17.8 Å². The number of hydrogen-bond donors (Lipinski definition) is 3. The van der Waals surface area contributed by atoms with Gasteiger partial charge in [0.1, 0.15) is 12.4 Å². The largest absolute Gasteiger partial charge is 0.504 e. The van der Waals surface area contributed by atoms with Crippen LogP contribution in [0.15, 0.2) is 53.1 Å². The fourth-order valence-electron chi connectivity index (χ4n) is 8.23. The Morgan fingerprint density at radius 3 is 2.57 bits per heavy atom. The summed E-state index contributed by atoms with van der Waals surface area (Å²) < 4.78 is 4.95. The lowest BCUT2D eigenvalue weighted by Crippen LogP contribution is -2.50. The number of fused-ring (bicyclic) bond motifs is 2. The molecule has 9 heteroatoms. The number of allylic oxidation sites excluding steroid dienone is 6. The number of nitrogens with zero attached hydrogens (tertiary/aromatic N) is 3. The molecular formula is C35H42N4O5. The number of rotatable bonds is 9. The van der Waals surface area contributed by atoms with Gasteiger partial charge >= 0.3 is 5.97 Å². The summed E-state index contributed by atoms with van der Waals surface area (Å²) in [5.74, 6) is -0.661. The third-order valence-corrected chi connectivity index (χ3v) is 10.2. The van der Waals surface area contributed by atoms with E-state index in [4.69, 9.17) is 14.7 Å². The fourth-order valence-corrected chi connectivity index (χ4v) is 8.23. The number of aryl methyl sites for hydroxylation is 1. The molecule has 9 rings (SSSR count). The number of esters is 1. The Morgan fingerprint density at radius 1 is 1.16 bits per heavy atom. The van der Waals surface area contributed by atoms with Crippen molar-refractivity contribution in [1.82, 2.24) is 15.3 Å². The number of hydrogen-bond acceptors (Lipinski definition) is 8. The van der Waals surface area contributed by atoms with Crippen LogP contribution in [0.25, 0.3) is 0 Å². The molecule has 3 N–H and O–H groups in total. The minimum atomic E-state index is -0.659. The number of anilines is 1. The zero-order valence-corrected chi connectivity index (χ0v) is 26.2. The van der Waals surface area contributed by atoms with Gasteiger partial charge in [-0.15, -0.1) is 0 Å². The van der Waals surface area contributed by atoms with Gasteiger partial charge in [-0.05, 0) is 66.9 Å². The fraction of sp³-hybridized carbons (Fsp3) is 0.486. The highest BCUT2D eigenvalue weighted by molar-refractivity contribution is 5.96. The molecule has 6 bridgehead atoms. The summed E-state index contributed by atoms with van der Waals surface area (Å²) in [4.78, 5) is 37.2. The van der Waals surface area contributed by atoms with E-state index in [0.29, 0.717) is 17.4 Å². The first-order valence-corrected chi connectivity index (χ1v) is 15.8. The van der Waals surface area contributed by atoms with E-state index in [1.165, 1.54) is 16.7 Å². The van der Waals surface area contributed by atoms with E-state index in [2.05, 4.69) is 67.4 Å². The van der Waals surface area contributed by atoms with Gasteiger partial charge in [-0.3, -0.25) is 9.59 Å². The molecule has 1 aromatic heterocycles. The van der Waals surface area contributed by atoms with Crippen LogP contribution >= 0.6 is 0 Å². The summed E-state index contributed by atoms with van der Waals surface area (Å²) in [6.07, 6.45) is 8.78. The smallest absolute Gasteiger partial charge is 0.325 e. The number of ether oxygens (including phenoxy) is 1. The van der Waals surface area contributed by atoms with Crippen LogP contribution in [-0.2, 0) is 21.6 Å². The van der Waals surface area contributed by atoms with Crippen LogP contribution in [0.4, 0.5) is 5.69 Å². The number of piperidine rings is 1. The average Bonchev–Trinajstić information content (AvgIpc) is 3.64. The molecule has 0 radical (unpaired) electrons. The van der Waals surface area contributed by atoms with Crippen molar-refractivity contribution in [3.63, 3.8) is 0 Å². The molecular weight excluding hydrogens is 556 g/mol. The summed E-state index contributed by atoms with van der Waals surface area (Å²) in [7, 11) is 0. The second-order valence-electron chi connectivity index (χ2n) is 12.7. The van der Waals surface area contributed by atoms with E-state index in [-0.39, 0.29) is 49.0 Å². The van der Waals surface area contributed by atoms with Crippen molar-refractivity contribution >= 4 is 17.6 Å². The number of aromatic hydroxyl groups is 1. The molecule has 2 aromatic rings. The van der Waals surface area contributed by atoms with Crippen molar-refractivity contribution < 1.29 is 24.5 Å². The quantitative estimate of drug-likeness (QED) is 0.357. The van der Waals surface area contributed by atoms with Crippen molar-refractivity contribution in [2.75, 3.05) is 31.1 Å². The molecule has 0 saturated carbocycles. The Balaban J connectivity index is 1.54. The van der Waals surface area contributed by atoms with Crippen molar-refractivity contribution in [1.29, 1.82) is 0 Å². The standard InChI is InChI=1S/C35H42N4O5/c1-6-44-29(41)17-36-34(43)31-32(42)21(5)37-33(38-31)20(4)35(30-22-7-9-26(30)27(16-22)19(2)3)24-11-13-39(14-12-24)28-10-8-25(35)15-23(28)18-40/h7-10,15-16,19-20,24,30,40,42H,6,11-14,17-18H2,1-5H3,(H,36,43). The summed E-state index contributed by atoms with van der Waals surface area (Å²) in [6, 6.07) is 6.55. The average molecular weight is 599 g/mol. The van der Waals surface area contributed by atoms with Crippen LogP contribution in [0.3, 0.4) is 0 Å². The van der Waals surface area contributed by atoms with Gasteiger partial charge < -0.3 is 25.2 Å². The molecule has 9 nitrogen and oxygen atoms in total. The number of aliphatic hydroxyl groups is 1. The van der Waals surface area contributed by atoms with Gasteiger partial charge in [0.25, 0.3) is 5.91 Å². The normalized spacial score (nSPS) is 24.0. The van der Waals surface area contributed by atoms with E-state index in [0.717, 1.165) is 42.7 Å². The molecule has 1 saturated heterocycles. The summed E-state index contributed by atoms with van der Waals surface area (Å²) in [5.41, 5.74) is 6.72. The lowest BCUT2D eigenvalue weighted by molar-refractivity contribution is -0.141. The van der Waals surface area contributed by atoms with Crippen molar-refractivity contribution in [3.8, 4) is 5.75 Å². The molecule has 1 amide bonds. The molecule has 6 heterocycles. The van der Waals surface area contributed by atoms with Gasteiger partial charge in [-0.1, -0.05) is 51.1 Å². The van der Waals surface area contributed by atoms with Crippen LogP contribution in [0.1, 0.15) is 79.6 Å². The first kappa shape index (κ1) is 30.1. The van der Waals surface area contributed by atoms with Crippen molar-refractivity contribution in [2.45, 2.75) is 65.4 Å². The monoisotopic (exact) mass is 598 g/mol. The van der Waals surface area contributed by atoms with E-state index in [1.54, 1.807) is 13.8 Å². The van der Waals surface area contributed by atoms with Gasteiger partial charge in [-0.25, -0.2) is 9.97 Å². The SMILES string of the molecule is CCOC(=O)CNC(=O)c1nc(C(C)C2(C3C4=CC(C(C)C)=C3C=C4)c3ccc(c(CO)c3)N3CCC2CC3)nc(C)c1O. The number of nitrogens with one attached hydrogen (secondary N) is 1. The lowest BCUT2D eigenvalue weighted by atomic mass is 9.52. The summed E-state index contributed by atoms with van der Waals surface area (Å²) >= 11 is 0. The molecule has 7 aliphatic rings. The van der Waals surface area contributed by atoms with Gasteiger partial charge in [0.2, 0.25) is 0 Å². The highest BCUT2D eigenvalue weighted by atomic mass is 16.5. The zero-order chi connectivity index (χ0) is 31.3. The summed E-state index contributed by atoms with van der Waals surface area (Å²) in [6.45, 7) is 11.6. The third kappa shape index (κ3) is 4.64. The van der Waals surface area contributed by atoms with Crippen molar-refractivity contribution in [3.05, 3.63) is 81.5 Å². The second-order valence-corrected chi connectivity index (χ2v) is 12.7. The molecule has 5 aliphatic heterocycles. The van der Waals surface area contributed by atoms with Gasteiger partial charge in [0.15, 0.2) is 11.4 Å². The van der Waals surface area contributed by atoms with E-state index in [1.807, 2.05) is 0 Å². The molecule has 2 aliphatic carbocycles. The van der Waals surface area contributed by atoms with Gasteiger partial charge in [-0.2, -0.15) is 0 Å². The maximum absolute atomic E-state index is 13.3. The number of carbonyl (C=O) groups is 2. The molecule has 1 fully saturated rings. The van der Waals surface area contributed by atoms with Crippen LogP contribution in [0, 0.1) is 24.7 Å². The van der Waals surface area contributed by atoms with Crippen LogP contribution in [-0.4, -0.2) is 58.3 Å². The highest BCUT2D eigenvalue weighted by Crippen LogP contribution is 2.62. The maximum atomic E-state index is 13.3. The van der Waals surface area contributed by atoms with Crippen LogP contribution in [0.2, 0.25) is 0 Å². The van der Waals surface area contributed by atoms with E-state index >= 15 is 0 Å². The Morgan fingerprint density at radius 2 is 1.91 bits per heavy atom. The van der Waals surface area contributed by atoms with Gasteiger partial charge in [0.05, 0.1) is 18.9 Å². The number of amides is 1. The molecule has 0 spiro atoms. The number of aliphatic hydroxyl groups excluding tert-OH is 1. The summed E-state index contributed by atoms with van der Waals surface area (Å²) in [5, 5.41) is 24.0. The topological polar surface area (TPSA) is 125 Å². The van der Waals surface area contributed by atoms with E-state index in [9.17, 15) is 19.8 Å². The lowest BCUT2D eigenvalue weighted by Gasteiger charge is -2.51. The molecule has 1 aromatic carbocycles. The second kappa shape index (κ2) is 11.5. The Hall–Kier alpha value is -3.98. The molecule has 232 valence electrons. The van der Waals surface area contributed by atoms with Crippen LogP contribution < -0.4 is 10.2 Å².